The van der Waals surface area contributed by atoms with Gasteiger partial charge in [0.15, 0.2) is 0 Å². The van der Waals surface area contributed by atoms with Gasteiger partial charge in [-0.25, -0.2) is 0 Å². The van der Waals surface area contributed by atoms with Crippen molar-refractivity contribution < 1.29 is 14.7 Å². The highest BCUT2D eigenvalue weighted by Crippen LogP contribution is 2.18. The standard InChI is InChI=1S/C14H16BrNO3/c15-12-4-1-10(2-5-12)3-6-13(17)16-8-7-11(9-16)14(18)19/h1-2,4-5,11H,3,6-9H2,(H,18,19). The molecule has 4 nitrogen and oxygen atoms in total. The molecule has 0 bridgehead atoms. The van der Waals surface area contributed by atoms with E-state index in [-0.39, 0.29) is 5.91 Å². The largest absolute Gasteiger partial charge is 0.481 e. The van der Waals surface area contributed by atoms with Gasteiger partial charge in [0.25, 0.3) is 0 Å². The van der Waals surface area contributed by atoms with Crippen molar-refractivity contribution in [1.82, 2.24) is 4.90 Å². The SMILES string of the molecule is O=C(O)C1CCN(C(=O)CCc2ccc(Br)cc2)C1. The van der Waals surface area contributed by atoms with E-state index < -0.39 is 11.9 Å². The molecule has 1 atom stereocenters. The summed E-state index contributed by atoms with van der Waals surface area (Å²) in [6.07, 6.45) is 1.70. The highest BCUT2D eigenvalue weighted by molar-refractivity contribution is 9.10. The van der Waals surface area contributed by atoms with Gasteiger partial charge < -0.3 is 10.0 Å². The van der Waals surface area contributed by atoms with E-state index in [0.29, 0.717) is 32.4 Å². The second-order valence-corrected chi connectivity index (χ2v) is 5.71. The molecule has 5 heteroatoms. The van der Waals surface area contributed by atoms with Gasteiger partial charge in [-0.3, -0.25) is 9.59 Å². The van der Waals surface area contributed by atoms with Crippen molar-refractivity contribution in [1.29, 1.82) is 0 Å². The first-order valence-corrected chi connectivity index (χ1v) is 7.10. The normalized spacial score (nSPS) is 18.6. The van der Waals surface area contributed by atoms with Crippen molar-refractivity contribution in [3.8, 4) is 0 Å². The minimum atomic E-state index is -0.803. The number of hydrogen-bond donors (Lipinski definition) is 1. The Labute approximate surface area is 120 Å². The predicted octanol–water partition coefficient (Wildman–Crippen LogP) is 2.31. The molecule has 1 unspecified atom stereocenters. The van der Waals surface area contributed by atoms with Crippen molar-refractivity contribution in [3.05, 3.63) is 34.3 Å². The van der Waals surface area contributed by atoms with Crippen LogP contribution in [0, 0.1) is 5.92 Å². The van der Waals surface area contributed by atoms with Crippen LogP contribution in [0.3, 0.4) is 0 Å². The lowest BCUT2D eigenvalue weighted by Crippen LogP contribution is -2.30. The van der Waals surface area contributed by atoms with Gasteiger partial charge >= 0.3 is 5.97 Å². The first-order chi connectivity index (χ1) is 9.06. The zero-order valence-electron chi connectivity index (χ0n) is 10.5. The summed E-state index contributed by atoms with van der Waals surface area (Å²) in [7, 11) is 0. The number of carboxylic acid groups (broad SMARTS) is 1. The molecule has 1 heterocycles. The monoisotopic (exact) mass is 325 g/mol. The summed E-state index contributed by atoms with van der Waals surface area (Å²) in [4.78, 5) is 24.5. The molecule has 1 aliphatic rings. The Morgan fingerprint density at radius 2 is 2.00 bits per heavy atom. The average molecular weight is 326 g/mol. The van der Waals surface area contributed by atoms with Crippen LogP contribution in [0.5, 0.6) is 0 Å². The van der Waals surface area contributed by atoms with E-state index in [1.54, 1.807) is 4.90 Å². The van der Waals surface area contributed by atoms with Gasteiger partial charge in [0, 0.05) is 24.0 Å². The molecule has 0 radical (unpaired) electrons. The van der Waals surface area contributed by atoms with Gasteiger partial charge in [0.05, 0.1) is 5.92 Å². The summed E-state index contributed by atoms with van der Waals surface area (Å²) in [6.45, 7) is 0.921. The summed E-state index contributed by atoms with van der Waals surface area (Å²) >= 11 is 3.37. The third kappa shape index (κ3) is 3.80. The molecular weight excluding hydrogens is 310 g/mol. The van der Waals surface area contributed by atoms with Crippen molar-refractivity contribution in [2.45, 2.75) is 19.3 Å². The number of amides is 1. The average Bonchev–Trinajstić information content (AvgIpc) is 2.87. The van der Waals surface area contributed by atoms with Crippen LogP contribution >= 0.6 is 15.9 Å². The summed E-state index contributed by atoms with van der Waals surface area (Å²) in [6, 6.07) is 7.88. The molecule has 1 saturated heterocycles. The molecule has 1 amide bonds. The summed E-state index contributed by atoms with van der Waals surface area (Å²) in [5.41, 5.74) is 1.12. The first kappa shape index (κ1) is 14.1. The van der Waals surface area contributed by atoms with E-state index in [9.17, 15) is 9.59 Å². The molecule has 19 heavy (non-hydrogen) atoms. The van der Waals surface area contributed by atoms with Crippen LogP contribution in [0.25, 0.3) is 0 Å². The Bertz CT molecular complexity index is 472. The topological polar surface area (TPSA) is 57.6 Å². The number of carbonyl (C=O) groups is 2. The van der Waals surface area contributed by atoms with Gasteiger partial charge in [-0.1, -0.05) is 28.1 Å². The van der Waals surface area contributed by atoms with E-state index in [2.05, 4.69) is 15.9 Å². The van der Waals surface area contributed by atoms with Gasteiger partial charge in [-0.2, -0.15) is 0 Å². The summed E-state index contributed by atoms with van der Waals surface area (Å²) < 4.78 is 1.02. The summed E-state index contributed by atoms with van der Waals surface area (Å²) in [5.74, 6) is -1.15. The lowest BCUT2D eigenvalue weighted by molar-refractivity contribution is -0.141. The number of likely N-dealkylation sites (tertiary alicyclic amines) is 1. The lowest BCUT2D eigenvalue weighted by Gasteiger charge is -2.15. The number of aliphatic carboxylic acids is 1. The first-order valence-electron chi connectivity index (χ1n) is 6.31. The van der Waals surface area contributed by atoms with E-state index in [4.69, 9.17) is 5.11 Å². The van der Waals surface area contributed by atoms with Crippen LogP contribution in [-0.4, -0.2) is 35.0 Å². The third-order valence-electron chi connectivity index (χ3n) is 3.43. The highest BCUT2D eigenvalue weighted by Gasteiger charge is 2.30. The van der Waals surface area contributed by atoms with Gasteiger partial charge in [-0.05, 0) is 30.5 Å². The van der Waals surface area contributed by atoms with Crippen LogP contribution in [0.2, 0.25) is 0 Å². The second kappa shape index (κ2) is 6.19. The number of hydrogen-bond acceptors (Lipinski definition) is 2. The van der Waals surface area contributed by atoms with Gasteiger partial charge in [0.1, 0.15) is 0 Å². The predicted molar refractivity (Wildman–Crippen MR) is 74.8 cm³/mol. The van der Waals surface area contributed by atoms with Crippen LogP contribution in [-0.2, 0) is 16.0 Å². The molecule has 0 spiro atoms. The molecule has 1 aromatic carbocycles. The zero-order chi connectivity index (χ0) is 13.8. The fourth-order valence-electron chi connectivity index (χ4n) is 2.25. The number of rotatable bonds is 4. The van der Waals surface area contributed by atoms with Crippen molar-refractivity contribution in [2.75, 3.05) is 13.1 Å². The number of nitrogens with zero attached hydrogens (tertiary/aromatic N) is 1. The zero-order valence-corrected chi connectivity index (χ0v) is 12.1. The van der Waals surface area contributed by atoms with Crippen LogP contribution in [0.15, 0.2) is 28.7 Å². The second-order valence-electron chi connectivity index (χ2n) is 4.79. The maximum absolute atomic E-state index is 12.0. The number of carboxylic acids is 1. The smallest absolute Gasteiger partial charge is 0.308 e. The van der Waals surface area contributed by atoms with E-state index in [1.807, 2.05) is 24.3 Å². The van der Waals surface area contributed by atoms with Crippen molar-refractivity contribution >= 4 is 27.8 Å². The fraction of sp³-hybridized carbons (Fsp3) is 0.429. The van der Waals surface area contributed by atoms with E-state index >= 15 is 0 Å². The number of benzene rings is 1. The molecule has 1 aliphatic heterocycles. The van der Waals surface area contributed by atoms with Crippen LogP contribution in [0.1, 0.15) is 18.4 Å². The third-order valence-corrected chi connectivity index (χ3v) is 3.96. The Morgan fingerprint density at radius 3 is 2.58 bits per heavy atom. The Balaban J connectivity index is 1.82. The highest BCUT2D eigenvalue weighted by atomic mass is 79.9. The van der Waals surface area contributed by atoms with Gasteiger partial charge in [0.2, 0.25) is 5.91 Å². The molecule has 102 valence electrons. The number of aryl methyl sites for hydroxylation is 1. The fourth-order valence-corrected chi connectivity index (χ4v) is 2.51. The maximum Gasteiger partial charge on any atom is 0.308 e. The van der Waals surface area contributed by atoms with E-state index in [1.165, 1.54) is 0 Å². The number of halogens is 1. The quantitative estimate of drug-likeness (QED) is 0.924. The molecule has 1 aromatic rings. The minimum Gasteiger partial charge on any atom is -0.481 e. The molecule has 0 aliphatic carbocycles. The maximum atomic E-state index is 12.0. The Kier molecular flexibility index (Phi) is 4.58. The molecule has 1 N–H and O–H groups in total. The van der Waals surface area contributed by atoms with Crippen LogP contribution in [0.4, 0.5) is 0 Å². The summed E-state index contributed by atoms with van der Waals surface area (Å²) in [5, 5.41) is 8.90. The molecule has 0 aromatic heterocycles. The Morgan fingerprint density at radius 1 is 1.32 bits per heavy atom. The molecule has 2 rings (SSSR count). The van der Waals surface area contributed by atoms with Crippen molar-refractivity contribution in [3.63, 3.8) is 0 Å². The van der Waals surface area contributed by atoms with Crippen molar-refractivity contribution in [2.24, 2.45) is 5.92 Å². The molecule has 0 saturated carbocycles. The van der Waals surface area contributed by atoms with Crippen LogP contribution < -0.4 is 0 Å². The van der Waals surface area contributed by atoms with Gasteiger partial charge in [-0.15, -0.1) is 0 Å². The number of carbonyl (C=O) groups excluding carboxylic acids is 1. The minimum absolute atomic E-state index is 0.0478. The molecular formula is C14H16BrNO3. The Hall–Kier alpha value is -1.36. The molecule has 1 fully saturated rings. The lowest BCUT2D eigenvalue weighted by atomic mass is 10.1. The van der Waals surface area contributed by atoms with E-state index in [0.717, 1.165) is 10.0 Å².